The van der Waals surface area contributed by atoms with E-state index in [1.165, 1.54) is 0 Å². The van der Waals surface area contributed by atoms with Gasteiger partial charge >= 0.3 is 0 Å². The molecule has 3 nitrogen and oxygen atoms in total. The van der Waals surface area contributed by atoms with Gasteiger partial charge in [0, 0.05) is 0 Å². The van der Waals surface area contributed by atoms with E-state index >= 15 is 0 Å². The minimum Gasteiger partial charge on any atom is -0.338 e. The summed E-state index contributed by atoms with van der Waals surface area (Å²) in [5.41, 5.74) is 4.65. The molecule has 50 valence electrons. The Balaban J connectivity index is 3.39. The fourth-order valence-electron chi connectivity index (χ4n) is 0.281. The van der Waals surface area contributed by atoms with Crippen molar-refractivity contribution < 1.29 is 9.42 Å². The number of nitrogens with two attached hydrogens (primary N) is 1. The molecule has 4 heteroatoms. The zero-order valence-corrected chi connectivity index (χ0v) is 6.27. The van der Waals surface area contributed by atoms with Crippen LogP contribution < -0.4 is 5.50 Å². The van der Waals surface area contributed by atoms with Crippen LogP contribution in [0.1, 0.15) is 20.8 Å². The van der Waals surface area contributed by atoms with Crippen LogP contribution >= 0.6 is 8.53 Å². The molecular weight excluding hydrogens is 125 g/mol. The van der Waals surface area contributed by atoms with Gasteiger partial charge in [0.15, 0.2) is 0 Å². The summed E-state index contributed by atoms with van der Waals surface area (Å²) in [5, 5.41) is 0. The van der Waals surface area contributed by atoms with Crippen molar-refractivity contribution >= 4 is 8.53 Å². The van der Waals surface area contributed by atoms with E-state index in [4.69, 9.17) is 14.9 Å². The summed E-state index contributed by atoms with van der Waals surface area (Å²) in [6.45, 7) is 5.52. The highest BCUT2D eigenvalue weighted by Crippen LogP contribution is 2.27. The van der Waals surface area contributed by atoms with Gasteiger partial charge in [-0.15, -0.1) is 0 Å². The maximum atomic E-state index is 8.51. The molecule has 3 N–H and O–H groups in total. The quantitative estimate of drug-likeness (QED) is 0.529. The van der Waals surface area contributed by atoms with Crippen molar-refractivity contribution in [2.75, 3.05) is 0 Å². The Morgan fingerprint density at radius 2 is 1.88 bits per heavy atom. The molecule has 0 fully saturated rings. The van der Waals surface area contributed by atoms with Gasteiger partial charge in [0.05, 0.1) is 5.60 Å². The number of hydrogen-bond donors (Lipinski definition) is 2. The molecule has 0 saturated heterocycles. The second-order valence-electron chi connectivity index (χ2n) is 2.51. The molecular formula is C4H12NO2P. The standard InChI is InChI=1S/C4H12NO2P/c1-4(2,3)7-8(5)6/h6H,5H2,1-3H3. The highest BCUT2D eigenvalue weighted by Gasteiger charge is 2.13. The van der Waals surface area contributed by atoms with Crippen molar-refractivity contribution in [2.24, 2.45) is 5.50 Å². The van der Waals surface area contributed by atoms with Gasteiger partial charge in [0.2, 0.25) is 0 Å². The molecule has 1 atom stereocenters. The van der Waals surface area contributed by atoms with Crippen LogP contribution in [0.4, 0.5) is 0 Å². The minimum atomic E-state index is -1.69. The van der Waals surface area contributed by atoms with Crippen molar-refractivity contribution in [3.63, 3.8) is 0 Å². The summed E-state index contributed by atoms with van der Waals surface area (Å²) in [5.74, 6) is 0. The van der Waals surface area contributed by atoms with Crippen molar-refractivity contribution in [1.82, 2.24) is 0 Å². The first-order valence-corrected chi connectivity index (χ1v) is 3.63. The van der Waals surface area contributed by atoms with E-state index in [0.29, 0.717) is 0 Å². The van der Waals surface area contributed by atoms with E-state index in [1.807, 2.05) is 20.8 Å². The maximum absolute atomic E-state index is 8.51. The Labute approximate surface area is 50.8 Å². The van der Waals surface area contributed by atoms with Gasteiger partial charge in [0.1, 0.15) is 0 Å². The lowest BCUT2D eigenvalue weighted by molar-refractivity contribution is 0.133. The lowest BCUT2D eigenvalue weighted by Crippen LogP contribution is -2.17. The lowest BCUT2D eigenvalue weighted by Gasteiger charge is -2.19. The largest absolute Gasteiger partial charge is 0.338 e. The predicted octanol–water partition coefficient (Wildman–Crippen LogP) is 0.979. The predicted molar refractivity (Wildman–Crippen MR) is 34.2 cm³/mol. The lowest BCUT2D eigenvalue weighted by atomic mass is 10.2. The Bertz CT molecular complexity index is 68.9. The van der Waals surface area contributed by atoms with E-state index in [2.05, 4.69) is 0 Å². The average Bonchev–Trinajstić information content (AvgIpc) is 1.21. The summed E-state index contributed by atoms with van der Waals surface area (Å²) < 4.78 is 4.84. The van der Waals surface area contributed by atoms with E-state index < -0.39 is 8.53 Å². The highest BCUT2D eigenvalue weighted by atomic mass is 31.2. The highest BCUT2D eigenvalue weighted by molar-refractivity contribution is 7.43. The SMILES string of the molecule is CC(C)(C)OP(N)O. The first kappa shape index (κ1) is 8.31. The Hall–Kier alpha value is 0.310. The van der Waals surface area contributed by atoms with E-state index in [9.17, 15) is 0 Å². The van der Waals surface area contributed by atoms with Gasteiger partial charge < -0.3 is 9.42 Å². The molecule has 0 heterocycles. The molecule has 8 heavy (non-hydrogen) atoms. The second kappa shape index (κ2) is 2.74. The first-order chi connectivity index (χ1) is 3.42. The second-order valence-corrected chi connectivity index (χ2v) is 3.29. The Morgan fingerprint density at radius 3 is 1.88 bits per heavy atom. The number of hydrogen-bond acceptors (Lipinski definition) is 3. The van der Waals surface area contributed by atoms with Gasteiger partial charge in [-0.25, -0.2) is 0 Å². The third-order valence-electron chi connectivity index (χ3n) is 0.367. The summed E-state index contributed by atoms with van der Waals surface area (Å²) in [6, 6.07) is 0. The molecule has 1 unspecified atom stereocenters. The summed E-state index contributed by atoms with van der Waals surface area (Å²) in [6.07, 6.45) is 0. The monoisotopic (exact) mass is 137 g/mol. The summed E-state index contributed by atoms with van der Waals surface area (Å²) in [4.78, 5) is 8.51. The van der Waals surface area contributed by atoms with Crippen molar-refractivity contribution in [2.45, 2.75) is 26.4 Å². The first-order valence-electron chi connectivity index (χ1n) is 2.34. The van der Waals surface area contributed by atoms with Crippen LogP contribution in [-0.4, -0.2) is 10.5 Å². The van der Waals surface area contributed by atoms with Crippen molar-refractivity contribution in [3.8, 4) is 0 Å². The minimum absolute atomic E-state index is 0.324. The summed E-state index contributed by atoms with van der Waals surface area (Å²) in [7, 11) is -1.69. The smallest absolute Gasteiger partial charge is 0.250 e. The molecule has 0 aliphatic heterocycles. The zero-order chi connectivity index (χ0) is 6.78. The molecule has 0 aromatic heterocycles. The van der Waals surface area contributed by atoms with Crippen LogP contribution in [0.3, 0.4) is 0 Å². The van der Waals surface area contributed by atoms with Crippen LogP contribution in [0.2, 0.25) is 0 Å². The van der Waals surface area contributed by atoms with Gasteiger partial charge in [-0.3, -0.25) is 5.50 Å². The van der Waals surface area contributed by atoms with Crippen LogP contribution in [-0.2, 0) is 4.52 Å². The molecule has 0 saturated carbocycles. The van der Waals surface area contributed by atoms with Gasteiger partial charge in [-0.05, 0) is 20.8 Å². The van der Waals surface area contributed by atoms with Crippen molar-refractivity contribution in [1.29, 1.82) is 0 Å². The van der Waals surface area contributed by atoms with Crippen molar-refractivity contribution in [3.05, 3.63) is 0 Å². The molecule has 0 aliphatic carbocycles. The molecule has 0 rings (SSSR count). The topological polar surface area (TPSA) is 55.5 Å². The molecule has 0 radical (unpaired) electrons. The molecule has 0 aliphatic rings. The van der Waals surface area contributed by atoms with Crippen LogP contribution in [0.5, 0.6) is 0 Å². The van der Waals surface area contributed by atoms with Crippen LogP contribution in [0.15, 0.2) is 0 Å². The molecule has 0 bridgehead atoms. The van der Waals surface area contributed by atoms with Gasteiger partial charge in [-0.2, -0.15) is 0 Å². The van der Waals surface area contributed by atoms with Crippen LogP contribution in [0.25, 0.3) is 0 Å². The fourth-order valence-corrected chi connectivity index (χ4v) is 0.842. The third kappa shape index (κ3) is 6.31. The average molecular weight is 137 g/mol. The summed E-state index contributed by atoms with van der Waals surface area (Å²) >= 11 is 0. The molecule has 0 spiro atoms. The third-order valence-corrected chi connectivity index (χ3v) is 1.10. The van der Waals surface area contributed by atoms with E-state index in [-0.39, 0.29) is 5.60 Å². The Morgan fingerprint density at radius 1 is 1.50 bits per heavy atom. The number of rotatable bonds is 1. The Kier molecular flexibility index (Phi) is 2.84. The van der Waals surface area contributed by atoms with E-state index in [0.717, 1.165) is 0 Å². The normalized spacial score (nSPS) is 16.1. The van der Waals surface area contributed by atoms with Gasteiger partial charge in [0.25, 0.3) is 8.53 Å². The fraction of sp³-hybridized carbons (Fsp3) is 1.00. The zero-order valence-electron chi connectivity index (χ0n) is 5.38. The maximum Gasteiger partial charge on any atom is 0.250 e. The molecule has 0 aromatic carbocycles. The van der Waals surface area contributed by atoms with Crippen LogP contribution in [0, 0.1) is 0 Å². The van der Waals surface area contributed by atoms with E-state index in [1.54, 1.807) is 0 Å². The molecule has 0 amide bonds. The van der Waals surface area contributed by atoms with Gasteiger partial charge in [-0.1, -0.05) is 0 Å². The molecule has 0 aromatic rings.